The van der Waals surface area contributed by atoms with Crippen LogP contribution in [0.15, 0.2) is 41.5 Å². The number of rotatable bonds is 4. The summed E-state index contributed by atoms with van der Waals surface area (Å²) in [6.07, 6.45) is -4.41. The summed E-state index contributed by atoms with van der Waals surface area (Å²) in [7, 11) is 0. The molecule has 1 aliphatic heterocycles. The fourth-order valence-corrected chi connectivity index (χ4v) is 2.12. The van der Waals surface area contributed by atoms with Crippen molar-refractivity contribution >= 4 is 5.91 Å². The predicted molar refractivity (Wildman–Crippen MR) is 73.5 cm³/mol. The maximum absolute atomic E-state index is 12.7. The molecule has 0 spiro atoms. The molecule has 0 saturated carbocycles. The summed E-state index contributed by atoms with van der Waals surface area (Å²) < 4.78 is 38.1. The summed E-state index contributed by atoms with van der Waals surface area (Å²) in [6, 6.07) is 8.69. The molecule has 3 nitrogen and oxygen atoms in total. The van der Waals surface area contributed by atoms with Gasteiger partial charge in [-0.05, 0) is 18.1 Å². The van der Waals surface area contributed by atoms with E-state index in [1.807, 2.05) is 0 Å². The molecule has 1 fully saturated rings. The fraction of sp³-hybridized carbons (Fsp3) is 0.400. The number of nitrogens with zero attached hydrogens (tertiary/aromatic N) is 1. The van der Waals surface area contributed by atoms with E-state index in [1.54, 1.807) is 37.3 Å². The van der Waals surface area contributed by atoms with Gasteiger partial charge in [0, 0.05) is 25.2 Å². The Morgan fingerprint density at radius 3 is 2.33 bits per heavy atom. The van der Waals surface area contributed by atoms with Crippen LogP contribution in [0, 0.1) is 0 Å². The van der Waals surface area contributed by atoms with Gasteiger partial charge < -0.3 is 10.2 Å². The molecule has 0 atom stereocenters. The van der Waals surface area contributed by atoms with E-state index in [4.69, 9.17) is 0 Å². The lowest BCUT2D eigenvalue weighted by molar-refractivity contribution is -0.160. The molecule has 1 aliphatic rings. The second-order valence-corrected chi connectivity index (χ2v) is 5.09. The van der Waals surface area contributed by atoms with Crippen LogP contribution in [-0.4, -0.2) is 36.6 Å². The van der Waals surface area contributed by atoms with Crippen molar-refractivity contribution in [1.29, 1.82) is 0 Å². The first-order valence-corrected chi connectivity index (χ1v) is 6.66. The van der Waals surface area contributed by atoms with Gasteiger partial charge in [-0.15, -0.1) is 0 Å². The minimum absolute atomic E-state index is 0.0444. The molecule has 6 heteroatoms. The normalized spacial score (nSPS) is 14.6. The Morgan fingerprint density at radius 1 is 1.24 bits per heavy atom. The summed E-state index contributed by atoms with van der Waals surface area (Å²) in [6.45, 7) is 1.45. The zero-order chi connectivity index (χ0) is 15.5. The van der Waals surface area contributed by atoms with Crippen molar-refractivity contribution in [1.82, 2.24) is 10.2 Å². The Morgan fingerprint density at radius 2 is 1.86 bits per heavy atom. The van der Waals surface area contributed by atoms with Gasteiger partial charge in [-0.2, -0.15) is 13.2 Å². The maximum atomic E-state index is 12.7. The predicted octanol–water partition coefficient (Wildman–Crippen LogP) is 2.50. The highest BCUT2D eigenvalue weighted by Crippen LogP contribution is 2.21. The van der Waals surface area contributed by atoms with Crippen LogP contribution in [0.25, 0.3) is 0 Å². The third kappa shape index (κ3) is 4.32. The van der Waals surface area contributed by atoms with Crippen LogP contribution in [0.1, 0.15) is 12.5 Å². The Balaban J connectivity index is 2.17. The van der Waals surface area contributed by atoms with Gasteiger partial charge in [-0.3, -0.25) is 4.79 Å². The number of carbonyl (C=O) groups is 1. The molecule has 0 bridgehead atoms. The van der Waals surface area contributed by atoms with E-state index in [-0.39, 0.29) is 6.54 Å². The van der Waals surface area contributed by atoms with Gasteiger partial charge in [-0.1, -0.05) is 30.3 Å². The highest BCUT2D eigenvalue weighted by Gasteiger charge is 2.34. The van der Waals surface area contributed by atoms with Gasteiger partial charge in [-0.25, -0.2) is 0 Å². The first kappa shape index (κ1) is 15.6. The minimum Gasteiger partial charge on any atom is -0.326 e. The molecule has 114 valence electrons. The maximum Gasteiger partial charge on any atom is 0.406 e. The number of carbonyl (C=O) groups excluding carboxylic acids is 1. The van der Waals surface area contributed by atoms with Gasteiger partial charge in [0.05, 0.1) is 0 Å². The lowest BCUT2D eigenvalue weighted by Gasteiger charge is -2.28. The van der Waals surface area contributed by atoms with Crippen LogP contribution in [0.2, 0.25) is 0 Å². The Bertz CT molecular complexity index is 532. The van der Waals surface area contributed by atoms with E-state index >= 15 is 0 Å². The number of amides is 1. The molecule has 1 amide bonds. The summed E-state index contributed by atoms with van der Waals surface area (Å²) in [5, 5.41) is 2.98. The van der Waals surface area contributed by atoms with Crippen molar-refractivity contribution in [2.24, 2.45) is 0 Å². The van der Waals surface area contributed by atoms with Gasteiger partial charge in [0.1, 0.15) is 6.54 Å². The van der Waals surface area contributed by atoms with Crippen molar-refractivity contribution in [3.63, 3.8) is 0 Å². The molecule has 1 aromatic rings. The summed E-state index contributed by atoms with van der Waals surface area (Å²) in [5.74, 6) is -0.548. The second kappa shape index (κ2) is 6.30. The molecule has 0 unspecified atom stereocenters. The molecule has 21 heavy (non-hydrogen) atoms. The topological polar surface area (TPSA) is 32.3 Å². The van der Waals surface area contributed by atoms with Crippen LogP contribution < -0.4 is 5.32 Å². The lowest BCUT2D eigenvalue weighted by Crippen LogP contribution is -2.42. The first-order chi connectivity index (χ1) is 9.87. The second-order valence-electron chi connectivity index (χ2n) is 5.09. The number of hydrogen-bond acceptors (Lipinski definition) is 2. The summed E-state index contributed by atoms with van der Waals surface area (Å²) in [4.78, 5) is 13.2. The van der Waals surface area contributed by atoms with E-state index in [9.17, 15) is 18.0 Å². The van der Waals surface area contributed by atoms with Gasteiger partial charge in [0.15, 0.2) is 0 Å². The molecular weight excluding hydrogens is 281 g/mol. The molecule has 1 aromatic carbocycles. The Labute approximate surface area is 121 Å². The van der Waals surface area contributed by atoms with Crippen molar-refractivity contribution in [2.45, 2.75) is 19.6 Å². The zero-order valence-electron chi connectivity index (χ0n) is 11.7. The monoisotopic (exact) mass is 298 g/mol. The average molecular weight is 298 g/mol. The molecule has 1 N–H and O–H groups in total. The van der Waals surface area contributed by atoms with Crippen molar-refractivity contribution in [2.75, 3.05) is 19.6 Å². The van der Waals surface area contributed by atoms with Gasteiger partial charge in [0.25, 0.3) is 0 Å². The molecule has 0 aromatic heterocycles. The number of alkyl halides is 3. The molecule has 2 rings (SSSR count). The first-order valence-electron chi connectivity index (χ1n) is 6.66. The third-order valence-electron chi connectivity index (χ3n) is 3.40. The minimum atomic E-state index is -4.41. The van der Waals surface area contributed by atoms with E-state index in [0.717, 1.165) is 10.5 Å². The van der Waals surface area contributed by atoms with Crippen molar-refractivity contribution in [3.8, 4) is 0 Å². The average Bonchev–Trinajstić information content (AvgIpc) is 2.34. The molecule has 1 heterocycles. The van der Waals surface area contributed by atoms with Crippen LogP contribution in [-0.2, 0) is 11.3 Å². The number of halogens is 3. The van der Waals surface area contributed by atoms with Crippen LogP contribution in [0.4, 0.5) is 13.2 Å². The van der Waals surface area contributed by atoms with E-state index in [2.05, 4.69) is 5.32 Å². The lowest BCUT2D eigenvalue weighted by atomic mass is 10.0. The number of benzene rings is 1. The zero-order valence-corrected chi connectivity index (χ0v) is 11.7. The van der Waals surface area contributed by atoms with Crippen molar-refractivity contribution < 1.29 is 18.0 Å². The molecular formula is C15H17F3N2O. The quantitative estimate of drug-likeness (QED) is 0.866. The van der Waals surface area contributed by atoms with E-state index < -0.39 is 18.6 Å². The van der Waals surface area contributed by atoms with E-state index in [0.29, 0.717) is 24.2 Å². The number of nitrogens with one attached hydrogen (secondary N) is 1. The van der Waals surface area contributed by atoms with Gasteiger partial charge in [0.2, 0.25) is 5.91 Å². The Hall–Kier alpha value is -1.82. The molecule has 1 saturated heterocycles. The SMILES string of the molecule is CC(C(=O)N(Cc1ccccc1)CC(F)(F)F)=C1CNC1. The fourth-order valence-electron chi connectivity index (χ4n) is 2.12. The third-order valence-corrected chi connectivity index (χ3v) is 3.40. The largest absolute Gasteiger partial charge is 0.406 e. The van der Waals surface area contributed by atoms with E-state index in [1.165, 1.54) is 0 Å². The highest BCUT2D eigenvalue weighted by molar-refractivity contribution is 5.94. The van der Waals surface area contributed by atoms with Gasteiger partial charge >= 0.3 is 6.18 Å². The highest BCUT2D eigenvalue weighted by atomic mass is 19.4. The van der Waals surface area contributed by atoms with Crippen LogP contribution >= 0.6 is 0 Å². The number of hydrogen-bond donors (Lipinski definition) is 1. The van der Waals surface area contributed by atoms with Crippen LogP contribution in [0.5, 0.6) is 0 Å². The van der Waals surface area contributed by atoms with Crippen LogP contribution in [0.3, 0.4) is 0 Å². The molecule has 0 radical (unpaired) electrons. The van der Waals surface area contributed by atoms with Crippen molar-refractivity contribution in [3.05, 3.63) is 47.0 Å². The summed E-state index contributed by atoms with van der Waals surface area (Å²) >= 11 is 0. The summed E-state index contributed by atoms with van der Waals surface area (Å²) in [5.41, 5.74) is 1.97. The standard InChI is InChI=1S/C15H17F3N2O/c1-11(13-7-19-8-13)14(21)20(10-15(16,17)18)9-12-5-3-2-4-6-12/h2-6,19H,7-10H2,1H3. The molecule has 0 aliphatic carbocycles. The Kier molecular flexibility index (Phi) is 4.67. The smallest absolute Gasteiger partial charge is 0.326 e.